The Labute approximate surface area is 128 Å². The van der Waals surface area contributed by atoms with Crippen molar-refractivity contribution in [1.29, 1.82) is 0 Å². The largest absolute Gasteiger partial charge is 0.490 e. The van der Waals surface area contributed by atoms with E-state index in [1.807, 2.05) is 0 Å². The molecule has 0 bridgehead atoms. The molecule has 1 aromatic rings. The summed E-state index contributed by atoms with van der Waals surface area (Å²) in [6, 6.07) is 5.98. The zero-order chi connectivity index (χ0) is 18.2. The van der Waals surface area contributed by atoms with Gasteiger partial charge in [-0.1, -0.05) is 12.1 Å². The third-order valence-electron chi connectivity index (χ3n) is 2.21. The summed E-state index contributed by atoms with van der Waals surface area (Å²) in [5.41, 5.74) is 17.3. The lowest BCUT2D eigenvalue weighted by atomic mass is 10.1. The first-order valence-corrected chi connectivity index (χ1v) is 5.90. The molecule has 0 aliphatic rings. The van der Waals surface area contributed by atoms with Crippen molar-refractivity contribution < 1.29 is 33.0 Å². The Morgan fingerprint density at radius 2 is 1.57 bits per heavy atom. The van der Waals surface area contributed by atoms with Gasteiger partial charge in [0.05, 0.1) is 5.69 Å². The van der Waals surface area contributed by atoms with Crippen molar-refractivity contribution in [2.75, 3.05) is 0 Å². The summed E-state index contributed by atoms with van der Waals surface area (Å²) in [7, 11) is 0. The number of guanidine groups is 1. The van der Waals surface area contributed by atoms with Gasteiger partial charge in [0.15, 0.2) is 5.96 Å². The normalized spacial score (nSPS) is 11.7. The fourth-order valence-corrected chi connectivity index (χ4v) is 1.20. The summed E-state index contributed by atoms with van der Waals surface area (Å²) in [6.07, 6.45) is -4.81. The molecule has 1 rings (SSSR count). The van der Waals surface area contributed by atoms with E-state index in [2.05, 4.69) is 4.99 Å². The molecular weight excluding hydrogens is 321 g/mol. The fourth-order valence-electron chi connectivity index (χ4n) is 1.20. The van der Waals surface area contributed by atoms with Crippen LogP contribution >= 0.6 is 0 Å². The Bertz CT molecular complexity index is 569. The number of carboxylic acids is 2. The third kappa shape index (κ3) is 8.93. The van der Waals surface area contributed by atoms with Gasteiger partial charge in [0.1, 0.15) is 6.04 Å². The quantitative estimate of drug-likeness (QED) is 0.386. The molecule has 0 amide bonds. The van der Waals surface area contributed by atoms with Gasteiger partial charge in [0.25, 0.3) is 0 Å². The maximum atomic E-state index is 10.6. The van der Waals surface area contributed by atoms with E-state index in [1.165, 1.54) is 0 Å². The molecule has 8 nitrogen and oxygen atoms in total. The molecule has 0 saturated carbocycles. The van der Waals surface area contributed by atoms with Gasteiger partial charge in [0.2, 0.25) is 0 Å². The molecule has 11 heteroatoms. The molecule has 128 valence electrons. The summed E-state index contributed by atoms with van der Waals surface area (Å²) in [4.78, 5) is 23.3. The van der Waals surface area contributed by atoms with Gasteiger partial charge < -0.3 is 27.4 Å². The fraction of sp³-hybridized carbons (Fsp3) is 0.250. The molecule has 0 radical (unpaired) electrons. The second-order valence-corrected chi connectivity index (χ2v) is 4.15. The van der Waals surface area contributed by atoms with Crippen molar-refractivity contribution in [2.45, 2.75) is 18.6 Å². The molecule has 0 aliphatic heterocycles. The second kappa shape index (κ2) is 8.58. The van der Waals surface area contributed by atoms with Crippen LogP contribution in [0.1, 0.15) is 5.56 Å². The lowest BCUT2D eigenvalue weighted by Gasteiger charge is -2.06. The maximum absolute atomic E-state index is 10.6. The van der Waals surface area contributed by atoms with Crippen LogP contribution in [-0.2, 0) is 16.0 Å². The smallest absolute Gasteiger partial charge is 0.480 e. The summed E-state index contributed by atoms with van der Waals surface area (Å²) >= 11 is 0. The van der Waals surface area contributed by atoms with Crippen molar-refractivity contribution in [2.24, 2.45) is 22.2 Å². The van der Waals surface area contributed by atoms with E-state index in [-0.39, 0.29) is 12.4 Å². The van der Waals surface area contributed by atoms with Crippen LogP contribution < -0.4 is 17.2 Å². The Morgan fingerprint density at radius 1 is 1.13 bits per heavy atom. The van der Waals surface area contributed by atoms with E-state index in [0.29, 0.717) is 5.69 Å². The van der Waals surface area contributed by atoms with Gasteiger partial charge in [0, 0.05) is 0 Å². The highest BCUT2D eigenvalue weighted by atomic mass is 19.4. The average molecular weight is 336 g/mol. The number of carbonyl (C=O) groups is 2. The van der Waals surface area contributed by atoms with Crippen LogP contribution in [0, 0.1) is 0 Å². The number of nitrogens with two attached hydrogens (primary N) is 3. The number of benzene rings is 1. The van der Waals surface area contributed by atoms with Crippen LogP contribution in [0.2, 0.25) is 0 Å². The Hall–Kier alpha value is -2.82. The van der Waals surface area contributed by atoms with Gasteiger partial charge in [-0.25, -0.2) is 9.79 Å². The SMILES string of the molecule is NC(N)=Nc1ccc(CC(N)C(=O)O)cc1.O=C(O)C(F)(F)F. The van der Waals surface area contributed by atoms with E-state index in [9.17, 15) is 18.0 Å². The average Bonchev–Trinajstić information content (AvgIpc) is 2.39. The van der Waals surface area contributed by atoms with Gasteiger partial charge in [-0.15, -0.1) is 0 Å². The van der Waals surface area contributed by atoms with Crippen molar-refractivity contribution in [1.82, 2.24) is 0 Å². The number of aliphatic imine (C=N–C) groups is 1. The predicted octanol–water partition coefficient (Wildman–Crippen LogP) is 0.179. The van der Waals surface area contributed by atoms with E-state index in [0.717, 1.165) is 5.56 Å². The molecule has 0 spiro atoms. The summed E-state index contributed by atoms with van der Waals surface area (Å²) in [5, 5.41) is 15.8. The molecule has 0 fully saturated rings. The van der Waals surface area contributed by atoms with Crippen molar-refractivity contribution in [3.63, 3.8) is 0 Å². The molecular formula is C12H15F3N4O4. The van der Waals surface area contributed by atoms with E-state index in [1.54, 1.807) is 24.3 Å². The molecule has 23 heavy (non-hydrogen) atoms. The molecule has 0 aromatic heterocycles. The van der Waals surface area contributed by atoms with Gasteiger partial charge in [-0.05, 0) is 24.1 Å². The molecule has 1 unspecified atom stereocenters. The maximum Gasteiger partial charge on any atom is 0.490 e. The van der Waals surface area contributed by atoms with Crippen LogP contribution in [-0.4, -0.2) is 40.3 Å². The lowest BCUT2D eigenvalue weighted by Crippen LogP contribution is -2.32. The Kier molecular flexibility index (Phi) is 7.53. The van der Waals surface area contributed by atoms with Crippen molar-refractivity contribution >= 4 is 23.6 Å². The molecule has 1 aromatic carbocycles. The highest BCUT2D eigenvalue weighted by Crippen LogP contribution is 2.14. The number of alkyl halides is 3. The zero-order valence-corrected chi connectivity index (χ0v) is 11.6. The molecule has 0 heterocycles. The molecule has 8 N–H and O–H groups in total. The van der Waals surface area contributed by atoms with Crippen molar-refractivity contribution in [3.05, 3.63) is 29.8 Å². The van der Waals surface area contributed by atoms with Crippen molar-refractivity contribution in [3.8, 4) is 0 Å². The molecule has 0 aliphatic carbocycles. The second-order valence-electron chi connectivity index (χ2n) is 4.15. The highest BCUT2D eigenvalue weighted by molar-refractivity contribution is 5.79. The first-order chi connectivity index (χ1) is 10.4. The van der Waals surface area contributed by atoms with E-state index >= 15 is 0 Å². The topological polar surface area (TPSA) is 165 Å². The minimum absolute atomic E-state index is 0.0185. The number of nitrogens with zero attached hydrogens (tertiary/aromatic N) is 1. The number of hydrogen-bond donors (Lipinski definition) is 5. The van der Waals surface area contributed by atoms with E-state index in [4.69, 9.17) is 32.2 Å². The number of rotatable bonds is 4. The minimum atomic E-state index is -5.08. The zero-order valence-electron chi connectivity index (χ0n) is 11.6. The van der Waals surface area contributed by atoms with Crippen LogP contribution in [0.25, 0.3) is 0 Å². The Balaban J connectivity index is 0.000000585. The van der Waals surface area contributed by atoms with Crippen LogP contribution in [0.5, 0.6) is 0 Å². The summed E-state index contributed by atoms with van der Waals surface area (Å²) in [5.74, 6) is -3.80. The number of hydrogen-bond acceptors (Lipinski definition) is 4. The molecule has 0 saturated heterocycles. The summed E-state index contributed by atoms with van der Waals surface area (Å²) in [6.45, 7) is 0. The standard InChI is InChI=1S/C10H14N4O2.C2HF3O2/c11-8(9(15)16)5-6-1-3-7(4-2-6)14-10(12)13;3-2(4,5)1(6)7/h1-4,8H,5,11H2,(H,15,16)(H4,12,13,14);(H,6,7). The van der Waals surface area contributed by atoms with E-state index < -0.39 is 24.2 Å². The monoisotopic (exact) mass is 336 g/mol. The number of carboxylic acid groups (broad SMARTS) is 2. The first kappa shape index (κ1) is 20.2. The highest BCUT2D eigenvalue weighted by Gasteiger charge is 2.38. The first-order valence-electron chi connectivity index (χ1n) is 5.90. The summed E-state index contributed by atoms with van der Waals surface area (Å²) < 4.78 is 31.7. The molecule has 1 atom stereocenters. The number of halogens is 3. The van der Waals surface area contributed by atoms with Gasteiger partial charge in [-0.3, -0.25) is 4.79 Å². The minimum Gasteiger partial charge on any atom is -0.480 e. The van der Waals surface area contributed by atoms with Gasteiger partial charge >= 0.3 is 18.1 Å². The van der Waals surface area contributed by atoms with Gasteiger partial charge in [-0.2, -0.15) is 13.2 Å². The third-order valence-corrected chi connectivity index (χ3v) is 2.21. The number of aliphatic carboxylic acids is 2. The van der Waals surface area contributed by atoms with Crippen LogP contribution in [0.3, 0.4) is 0 Å². The van der Waals surface area contributed by atoms with Crippen LogP contribution in [0.4, 0.5) is 18.9 Å². The Morgan fingerprint density at radius 3 is 1.87 bits per heavy atom. The predicted molar refractivity (Wildman–Crippen MR) is 74.9 cm³/mol. The lowest BCUT2D eigenvalue weighted by molar-refractivity contribution is -0.192. The van der Waals surface area contributed by atoms with Crippen LogP contribution in [0.15, 0.2) is 29.3 Å².